The zero-order chi connectivity index (χ0) is 30.0. The van der Waals surface area contributed by atoms with Crippen molar-refractivity contribution in [2.45, 2.75) is 24.5 Å². The van der Waals surface area contributed by atoms with Gasteiger partial charge in [-0.3, -0.25) is 28.9 Å². The van der Waals surface area contributed by atoms with Crippen molar-refractivity contribution in [2.75, 3.05) is 33.1 Å². The molecule has 0 saturated heterocycles. The molecule has 2 unspecified atom stereocenters. The fraction of sp³-hybridized carbons (Fsp3) is 0.400. The minimum atomic E-state index is -2.77. The van der Waals surface area contributed by atoms with Crippen LogP contribution in [0.5, 0.6) is 5.75 Å². The van der Waals surface area contributed by atoms with Gasteiger partial charge in [-0.15, -0.1) is 0 Å². The Morgan fingerprint density at radius 2 is 1.80 bits per heavy atom. The average molecular weight is 559 g/mol. The Bertz CT molecular complexity index is 1570. The summed E-state index contributed by atoms with van der Waals surface area (Å²) in [6.07, 6.45) is 1.72. The predicted octanol–water partition coefficient (Wildman–Crippen LogP) is -0.272. The monoisotopic (exact) mass is 558 g/mol. The first-order chi connectivity index (χ1) is 19.3. The molecule has 1 amide bonds. The van der Waals surface area contributed by atoms with Gasteiger partial charge in [-0.25, -0.2) is 4.98 Å². The van der Waals surface area contributed by atoms with Gasteiger partial charge in [-0.1, -0.05) is 12.0 Å². The van der Waals surface area contributed by atoms with Crippen LogP contribution < -0.4 is 10.6 Å². The highest BCUT2D eigenvalue weighted by Gasteiger charge is 2.69. The average Bonchev–Trinajstić information content (AvgIpc) is 2.90. The van der Waals surface area contributed by atoms with Gasteiger partial charge < -0.3 is 20.8 Å². The fourth-order valence-corrected chi connectivity index (χ4v) is 6.71. The van der Waals surface area contributed by atoms with Crippen molar-refractivity contribution in [3.8, 4) is 17.6 Å². The Morgan fingerprint density at radius 1 is 1.10 bits per heavy atom. The highest BCUT2D eigenvalue weighted by molar-refractivity contribution is 6.32. The topological polar surface area (TPSA) is 171 Å². The lowest BCUT2D eigenvalue weighted by molar-refractivity contribution is -0.181. The maximum absolute atomic E-state index is 14.1. The number of rotatable bonds is 3. The molecular formula is C30H30N4O7. The first-order valence-corrected chi connectivity index (χ1v) is 13.1. The van der Waals surface area contributed by atoms with Gasteiger partial charge in [0, 0.05) is 31.9 Å². The lowest BCUT2D eigenvalue weighted by Gasteiger charge is -2.52. The van der Waals surface area contributed by atoms with E-state index in [1.807, 2.05) is 0 Å². The quantitative estimate of drug-likeness (QED) is 0.336. The smallest absolute Gasteiger partial charge is 0.235 e. The molecule has 2 fully saturated rings. The van der Waals surface area contributed by atoms with Crippen LogP contribution in [-0.2, 0) is 25.6 Å². The van der Waals surface area contributed by atoms with Crippen molar-refractivity contribution in [3.05, 3.63) is 52.8 Å². The van der Waals surface area contributed by atoms with Crippen molar-refractivity contribution in [2.24, 2.45) is 29.4 Å². The summed E-state index contributed by atoms with van der Waals surface area (Å²) < 4.78 is 0. The minimum Gasteiger partial charge on any atom is -0.506 e. The molecule has 2 saturated carbocycles. The molecule has 3 aliphatic carbocycles. The summed E-state index contributed by atoms with van der Waals surface area (Å²) in [5.41, 5.74) is 4.20. The van der Waals surface area contributed by atoms with Gasteiger partial charge in [0.05, 0.1) is 23.1 Å². The number of phenols is 1. The van der Waals surface area contributed by atoms with Crippen LogP contribution in [0.1, 0.15) is 33.6 Å². The van der Waals surface area contributed by atoms with Crippen LogP contribution in [0.4, 0.5) is 5.69 Å². The largest absolute Gasteiger partial charge is 0.506 e. The number of Topliss-reactive ketones (excluding diaryl/α,β-unsaturated/α-hetero) is 4. The van der Waals surface area contributed by atoms with Crippen LogP contribution in [0.3, 0.4) is 0 Å². The van der Waals surface area contributed by atoms with Crippen molar-refractivity contribution in [1.29, 1.82) is 0 Å². The molecule has 212 valence electrons. The van der Waals surface area contributed by atoms with Gasteiger partial charge in [-0.05, 0) is 62.5 Å². The summed E-state index contributed by atoms with van der Waals surface area (Å²) in [7, 11) is 6.64. The van der Waals surface area contributed by atoms with Gasteiger partial charge in [0.1, 0.15) is 11.4 Å². The molecule has 0 radical (unpaired) electrons. The maximum Gasteiger partial charge on any atom is 0.235 e. The number of aromatic hydroxyl groups is 1. The van der Waals surface area contributed by atoms with E-state index < -0.39 is 70.1 Å². The van der Waals surface area contributed by atoms with Crippen LogP contribution in [0.15, 0.2) is 30.5 Å². The number of nitrogens with two attached hydrogens (primary N) is 1. The number of phenolic OH excluding ortho intramolecular Hbond substituents is 1. The Balaban J connectivity index is 1.65. The van der Waals surface area contributed by atoms with Crippen molar-refractivity contribution >= 4 is 34.7 Å². The van der Waals surface area contributed by atoms with Gasteiger partial charge in [0.2, 0.25) is 5.91 Å². The molecule has 2 aromatic rings. The molecule has 4 N–H and O–H groups in total. The number of aromatic nitrogens is 1. The summed E-state index contributed by atoms with van der Waals surface area (Å²) in [5.74, 6) is -5.22. The van der Waals surface area contributed by atoms with Crippen LogP contribution in [0.25, 0.3) is 0 Å². The van der Waals surface area contributed by atoms with Gasteiger partial charge in [0.15, 0.2) is 34.7 Å². The number of benzene rings is 1. The summed E-state index contributed by atoms with van der Waals surface area (Å²) in [6.45, 7) is 0. The molecule has 0 bridgehead atoms. The van der Waals surface area contributed by atoms with Crippen molar-refractivity contribution < 1.29 is 34.2 Å². The standard InChI is InChI=1S/C30H30N4O7/c1-33(2)19-13-14(8-9-16-7-5-6-10-32-16)24(35)21-17(19)11-15-12-18-23(34(3)4)26(37)22(29(31)40)28(39)30(18,41)27(38)20(15)25(21)36/h5-7,10,13,15,18,20,22-23,35,41H,11-12H2,1-4H3,(H2,31,40)/t15-,18-,20?,22?,23-,30-/m0/s1. The first kappa shape index (κ1) is 28.1. The van der Waals surface area contributed by atoms with Crippen LogP contribution >= 0.6 is 0 Å². The van der Waals surface area contributed by atoms with E-state index in [2.05, 4.69) is 16.8 Å². The van der Waals surface area contributed by atoms with Gasteiger partial charge >= 0.3 is 0 Å². The number of amides is 1. The molecule has 1 aromatic carbocycles. The Kier molecular flexibility index (Phi) is 6.80. The van der Waals surface area contributed by atoms with Crippen LogP contribution in [0, 0.1) is 35.5 Å². The third-order valence-corrected chi connectivity index (χ3v) is 8.51. The second-order valence-corrected chi connectivity index (χ2v) is 11.3. The Labute approximate surface area is 236 Å². The summed E-state index contributed by atoms with van der Waals surface area (Å²) in [4.78, 5) is 74.2. The number of aliphatic hydroxyl groups is 1. The first-order valence-electron chi connectivity index (χ1n) is 13.1. The molecule has 41 heavy (non-hydrogen) atoms. The molecule has 6 atom stereocenters. The lowest BCUT2D eigenvalue weighted by Crippen LogP contribution is -2.74. The molecule has 0 aliphatic heterocycles. The summed E-state index contributed by atoms with van der Waals surface area (Å²) >= 11 is 0. The molecule has 1 aromatic heterocycles. The SMILES string of the molecule is CN(C)c1cc(C#Cc2ccccn2)c(O)c2c1C[C@H]1C[C@H]3[C@H](N(C)C)C(=O)C(C(N)=O)C(=O)[C@@]3(O)C(=O)C1C2=O. The number of ketones is 4. The van der Waals surface area contributed by atoms with E-state index in [-0.39, 0.29) is 24.0 Å². The van der Waals surface area contributed by atoms with E-state index in [0.717, 1.165) is 0 Å². The highest BCUT2D eigenvalue weighted by atomic mass is 16.3. The van der Waals surface area contributed by atoms with E-state index in [0.29, 0.717) is 16.9 Å². The van der Waals surface area contributed by atoms with Crippen LogP contribution in [0.2, 0.25) is 0 Å². The number of likely N-dealkylation sites (N-methyl/N-ethyl adjacent to an activating group) is 1. The van der Waals surface area contributed by atoms with Gasteiger partial charge in [0.25, 0.3) is 0 Å². The number of pyridine rings is 1. The Hall–Kier alpha value is -4.40. The van der Waals surface area contributed by atoms with E-state index in [1.54, 1.807) is 63.6 Å². The summed E-state index contributed by atoms with van der Waals surface area (Å²) in [5, 5.41) is 23.0. The number of nitrogens with zero attached hydrogens (tertiary/aromatic N) is 3. The predicted molar refractivity (Wildman–Crippen MR) is 146 cm³/mol. The number of anilines is 1. The number of primary amides is 1. The molecule has 5 rings (SSSR count). The zero-order valence-electron chi connectivity index (χ0n) is 23.0. The number of carbonyl (C=O) groups excluding carboxylic acids is 5. The number of hydrogen-bond acceptors (Lipinski definition) is 10. The summed E-state index contributed by atoms with van der Waals surface area (Å²) in [6, 6.07) is 5.69. The maximum atomic E-state index is 14.1. The van der Waals surface area contributed by atoms with Crippen molar-refractivity contribution in [1.82, 2.24) is 9.88 Å². The third-order valence-electron chi connectivity index (χ3n) is 8.51. The van der Waals surface area contributed by atoms with E-state index in [9.17, 15) is 34.2 Å². The lowest BCUT2D eigenvalue weighted by atomic mass is 9.52. The normalized spacial score (nSPS) is 28.8. The van der Waals surface area contributed by atoms with Crippen molar-refractivity contribution in [3.63, 3.8) is 0 Å². The van der Waals surface area contributed by atoms with E-state index in [4.69, 9.17) is 5.73 Å². The van der Waals surface area contributed by atoms with E-state index in [1.165, 1.54) is 4.90 Å². The molecular weight excluding hydrogens is 528 g/mol. The van der Waals surface area contributed by atoms with E-state index >= 15 is 0 Å². The molecule has 11 heteroatoms. The van der Waals surface area contributed by atoms with Crippen LogP contribution in [-0.4, -0.2) is 89.0 Å². The molecule has 11 nitrogen and oxygen atoms in total. The molecule has 0 spiro atoms. The minimum absolute atomic E-state index is 0.0151. The zero-order valence-corrected chi connectivity index (χ0v) is 23.0. The fourth-order valence-electron chi connectivity index (χ4n) is 6.71. The highest BCUT2D eigenvalue weighted by Crippen LogP contribution is 2.52. The third kappa shape index (κ3) is 4.13. The second-order valence-electron chi connectivity index (χ2n) is 11.3. The molecule has 3 aliphatic rings. The number of carbonyl (C=O) groups is 5. The molecule has 1 heterocycles. The Morgan fingerprint density at radius 3 is 2.39 bits per heavy atom. The number of fused-ring (bicyclic) bond motifs is 3. The van der Waals surface area contributed by atoms with Gasteiger partial charge in [-0.2, -0.15) is 0 Å². The number of hydrogen-bond donors (Lipinski definition) is 3. The second kappa shape index (κ2) is 9.90.